The predicted molar refractivity (Wildman–Crippen MR) is 75.0 cm³/mol. The molecule has 0 radical (unpaired) electrons. The maximum atomic E-state index is 9.44. The largest absolute Gasteiger partial charge is 0.391 e. The van der Waals surface area contributed by atoms with Gasteiger partial charge >= 0.3 is 0 Å². The van der Waals surface area contributed by atoms with Crippen molar-refractivity contribution in [2.75, 3.05) is 24.2 Å². The zero-order valence-electron chi connectivity index (χ0n) is 11.1. The molecule has 0 aliphatic heterocycles. The molecule has 1 fully saturated rings. The van der Waals surface area contributed by atoms with Gasteiger partial charge in [-0.15, -0.1) is 0 Å². The highest BCUT2D eigenvalue weighted by Crippen LogP contribution is 2.32. The molecule has 1 aromatic rings. The molecule has 4 nitrogen and oxygen atoms in total. The van der Waals surface area contributed by atoms with Crippen LogP contribution in [0.1, 0.15) is 31.7 Å². The van der Waals surface area contributed by atoms with Crippen molar-refractivity contribution >= 4 is 17.6 Å². The number of thioether (sulfide) groups is 1. The molecular weight excluding hydrogens is 246 g/mol. The summed E-state index contributed by atoms with van der Waals surface area (Å²) < 4.78 is 0. The molecule has 1 aliphatic rings. The number of nitrogens with zero attached hydrogens (tertiary/aromatic N) is 3. The minimum Gasteiger partial charge on any atom is -0.391 e. The monoisotopic (exact) mass is 267 g/mol. The summed E-state index contributed by atoms with van der Waals surface area (Å²) in [6.07, 6.45) is 7.48. The van der Waals surface area contributed by atoms with Crippen molar-refractivity contribution in [3.8, 4) is 0 Å². The lowest BCUT2D eigenvalue weighted by Gasteiger charge is -2.25. The Bertz CT molecular complexity index is 396. The number of hydrogen-bond donors (Lipinski definition) is 1. The molecule has 0 atom stereocenters. The van der Waals surface area contributed by atoms with Crippen molar-refractivity contribution in [2.45, 2.75) is 37.9 Å². The van der Waals surface area contributed by atoms with Crippen LogP contribution in [0.2, 0.25) is 0 Å². The first-order chi connectivity index (χ1) is 8.78. The van der Waals surface area contributed by atoms with Crippen molar-refractivity contribution < 1.29 is 5.11 Å². The second-order valence-corrected chi connectivity index (χ2v) is 5.53. The highest BCUT2D eigenvalue weighted by Gasteiger charge is 2.25. The lowest BCUT2D eigenvalue weighted by Crippen LogP contribution is -2.29. The molecule has 0 saturated heterocycles. The van der Waals surface area contributed by atoms with Gasteiger partial charge in [-0.1, -0.05) is 18.7 Å². The van der Waals surface area contributed by atoms with Crippen molar-refractivity contribution in [1.29, 1.82) is 0 Å². The molecule has 0 unspecified atom stereocenters. The van der Waals surface area contributed by atoms with Gasteiger partial charge in [0.25, 0.3) is 0 Å². The predicted octanol–water partition coefficient (Wildman–Crippen LogP) is 2.32. The third kappa shape index (κ3) is 3.36. The molecule has 1 aliphatic carbocycles. The van der Waals surface area contributed by atoms with Crippen molar-refractivity contribution in [3.05, 3.63) is 11.8 Å². The van der Waals surface area contributed by atoms with Crippen molar-refractivity contribution in [3.63, 3.8) is 0 Å². The van der Waals surface area contributed by atoms with Crippen LogP contribution in [0.5, 0.6) is 0 Å². The summed E-state index contributed by atoms with van der Waals surface area (Å²) in [5, 5.41) is 10.2. The summed E-state index contributed by atoms with van der Waals surface area (Å²) in [6, 6.07) is 0. The Morgan fingerprint density at radius 2 is 2.28 bits per heavy atom. The molecule has 18 heavy (non-hydrogen) atoms. The number of aliphatic hydroxyl groups is 1. The van der Waals surface area contributed by atoms with Gasteiger partial charge in [-0.25, -0.2) is 9.97 Å². The fourth-order valence-electron chi connectivity index (χ4n) is 2.03. The van der Waals surface area contributed by atoms with E-state index in [-0.39, 0.29) is 6.61 Å². The van der Waals surface area contributed by atoms with Crippen LogP contribution < -0.4 is 4.90 Å². The van der Waals surface area contributed by atoms with Crippen LogP contribution in [0.15, 0.2) is 11.4 Å². The second-order valence-electron chi connectivity index (χ2n) is 4.75. The number of aliphatic hydroxyl groups excluding tert-OH is 1. The van der Waals surface area contributed by atoms with E-state index in [0.29, 0.717) is 0 Å². The fourth-order valence-corrected chi connectivity index (χ4v) is 2.37. The fraction of sp³-hybridized carbons (Fsp3) is 0.692. The molecule has 1 aromatic heterocycles. The van der Waals surface area contributed by atoms with Crippen molar-refractivity contribution in [2.24, 2.45) is 5.92 Å². The molecular formula is C13H21N3OS. The number of aromatic nitrogens is 2. The van der Waals surface area contributed by atoms with E-state index in [1.165, 1.54) is 12.8 Å². The third-order valence-electron chi connectivity index (χ3n) is 3.14. The van der Waals surface area contributed by atoms with E-state index in [9.17, 15) is 5.11 Å². The summed E-state index contributed by atoms with van der Waals surface area (Å²) in [5.74, 6) is 1.74. The van der Waals surface area contributed by atoms with Crippen LogP contribution >= 0.6 is 11.8 Å². The average Bonchev–Trinajstić information content (AvgIpc) is 3.21. The van der Waals surface area contributed by atoms with E-state index in [0.717, 1.165) is 42.0 Å². The average molecular weight is 267 g/mol. The Kier molecular flexibility index (Phi) is 4.83. The maximum Gasteiger partial charge on any atom is 0.189 e. The summed E-state index contributed by atoms with van der Waals surface area (Å²) in [5.41, 5.74) is 0.835. The molecule has 0 amide bonds. The highest BCUT2D eigenvalue weighted by molar-refractivity contribution is 7.98. The number of anilines is 1. The van der Waals surface area contributed by atoms with Gasteiger partial charge in [0, 0.05) is 24.8 Å². The SMILES string of the molecule is CCCN(CC1CC1)c1nc(SC)ncc1CO. The first-order valence-electron chi connectivity index (χ1n) is 6.54. The van der Waals surface area contributed by atoms with Crippen LogP contribution in [-0.4, -0.2) is 34.4 Å². The van der Waals surface area contributed by atoms with Gasteiger partial charge in [0.15, 0.2) is 5.16 Å². The Hall–Kier alpha value is -0.810. The zero-order valence-corrected chi connectivity index (χ0v) is 11.9. The molecule has 0 bridgehead atoms. The third-order valence-corrected chi connectivity index (χ3v) is 3.70. The minimum absolute atomic E-state index is 0.00880. The van der Waals surface area contributed by atoms with Crippen LogP contribution in [0.25, 0.3) is 0 Å². The van der Waals surface area contributed by atoms with Gasteiger partial charge in [0.2, 0.25) is 0 Å². The van der Waals surface area contributed by atoms with E-state index in [4.69, 9.17) is 0 Å². The van der Waals surface area contributed by atoms with Gasteiger partial charge in [-0.3, -0.25) is 0 Å². The van der Waals surface area contributed by atoms with Crippen LogP contribution in [0.3, 0.4) is 0 Å². The Morgan fingerprint density at radius 3 is 2.83 bits per heavy atom. The quantitative estimate of drug-likeness (QED) is 0.607. The van der Waals surface area contributed by atoms with E-state index < -0.39 is 0 Å². The zero-order chi connectivity index (χ0) is 13.0. The normalized spacial score (nSPS) is 14.8. The Balaban J connectivity index is 2.24. The summed E-state index contributed by atoms with van der Waals surface area (Å²) in [6.45, 7) is 4.24. The van der Waals surface area contributed by atoms with E-state index in [2.05, 4.69) is 21.8 Å². The van der Waals surface area contributed by atoms with E-state index >= 15 is 0 Å². The minimum atomic E-state index is 0.00880. The van der Waals surface area contributed by atoms with Gasteiger partial charge in [0.1, 0.15) is 5.82 Å². The van der Waals surface area contributed by atoms with Gasteiger partial charge in [0.05, 0.1) is 6.61 Å². The van der Waals surface area contributed by atoms with Crippen LogP contribution in [0.4, 0.5) is 5.82 Å². The first-order valence-corrected chi connectivity index (χ1v) is 7.76. The second kappa shape index (κ2) is 6.38. The summed E-state index contributed by atoms with van der Waals surface area (Å²) in [4.78, 5) is 11.1. The lowest BCUT2D eigenvalue weighted by molar-refractivity contribution is 0.280. The van der Waals surface area contributed by atoms with Gasteiger partial charge < -0.3 is 10.0 Å². The van der Waals surface area contributed by atoms with E-state index in [1.54, 1.807) is 18.0 Å². The maximum absolute atomic E-state index is 9.44. The molecule has 100 valence electrons. The van der Waals surface area contributed by atoms with Crippen LogP contribution in [0, 0.1) is 5.92 Å². The smallest absolute Gasteiger partial charge is 0.189 e. The Labute approximate surface area is 113 Å². The van der Waals surface area contributed by atoms with Crippen molar-refractivity contribution in [1.82, 2.24) is 9.97 Å². The van der Waals surface area contributed by atoms with Gasteiger partial charge in [-0.05, 0) is 31.4 Å². The standard InChI is InChI=1S/C13H21N3OS/c1-3-6-16(8-10-4-5-10)12-11(9-17)7-14-13(15-12)18-2/h7,10,17H,3-6,8-9H2,1-2H3. The molecule has 5 heteroatoms. The van der Waals surface area contributed by atoms with Crippen LogP contribution in [-0.2, 0) is 6.61 Å². The molecule has 0 spiro atoms. The molecule has 2 rings (SSSR count). The number of hydrogen-bond acceptors (Lipinski definition) is 5. The molecule has 0 aromatic carbocycles. The van der Waals surface area contributed by atoms with E-state index in [1.807, 2.05) is 6.26 Å². The first kappa shape index (κ1) is 13.6. The molecule has 1 saturated carbocycles. The lowest BCUT2D eigenvalue weighted by atomic mass is 10.2. The number of rotatable bonds is 7. The highest BCUT2D eigenvalue weighted by atomic mass is 32.2. The Morgan fingerprint density at radius 1 is 1.50 bits per heavy atom. The molecule has 1 N–H and O–H groups in total. The summed E-state index contributed by atoms with van der Waals surface area (Å²) in [7, 11) is 0. The summed E-state index contributed by atoms with van der Waals surface area (Å²) >= 11 is 1.54. The topological polar surface area (TPSA) is 49.2 Å². The molecule has 1 heterocycles. The van der Waals surface area contributed by atoms with Gasteiger partial charge in [-0.2, -0.15) is 0 Å².